The number of benzene rings is 2. The number of hydrogen-bond acceptors (Lipinski definition) is 6. The Morgan fingerprint density at radius 3 is 2.71 bits per heavy atom. The molecule has 0 aliphatic carbocycles. The number of nitrogens with one attached hydrogen (secondary N) is 1. The van der Waals surface area contributed by atoms with E-state index in [0.717, 1.165) is 15.8 Å². The molecule has 0 fully saturated rings. The highest BCUT2D eigenvalue weighted by atomic mass is 16.5. The molecule has 4 aromatic rings. The summed E-state index contributed by atoms with van der Waals surface area (Å²) in [6, 6.07) is 12.6. The number of nitrogens with zero attached hydrogens (tertiary/aromatic N) is 4. The first-order chi connectivity index (χ1) is 15.0. The quantitative estimate of drug-likeness (QED) is 0.516. The van der Waals surface area contributed by atoms with E-state index in [9.17, 15) is 9.59 Å². The molecule has 9 nitrogen and oxygen atoms in total. The fourth-order valence-electron chi connectivity index (χ4n) is 3.09. The molecule has 2 heterocycles. The third-order valence-electron chi connectivity index (χ3n) is 4.90. The van der Waals surface area contributed by atoms with Crippen molar-refractivity contribution < 1.29 is 14.3 Å². The van der Waals surface area contributed by atoms with Gasteiger partial charge in [0.15, 0.2) is 0 Å². The summed E-state index contributed by atoms with van der Waals surface area (Å²) in [5.41, 5.74) is 2.47. The lowest BCUT2D eigenvalue weighted by molar-refractivity contribution is -0.117. The maximum absolute atomic E-state index is 12.7. The Balaban J connectivity index is 1.60. The predicted octanol–water partition coefficient (Wildman–Crippen LogP) is 2.95. The van der Waals surface area contributed by atoms with Crippen LogP contribution in [0.3, 0.4) is 0 Å². The largest absolute Gasteiger partial charge is 0.497 e. The number of rotatable bonds is 6. The van der Waals surface area contributed by atoms with E-state index >= 15 is 0 Å². The molecule has 0 bridgehead atoms. The maximum atomic E-state index is 12.7. The number of aryl methyl sites for hydroxylation is 1. The smallest absolute Gasteiger partial charge is 0.351 e. The van der Waals surface area contributed by atoms with Gasteiger partial charge in [0.2, 0.25) is 11.6 Å². The Kier molecular flexibility index (Phi) is 5.40. The molecule has 158 valence electrons. The number of anilines is 1. The van der Waals surface area contributed by atoms with Crippen LogP contribution in [0.25, 0.3) is 5.65 Å². The second kappa shape index (κ2) is 8.31. The molecule has 0 atom stereocenters. The molecule has 0 spiro atoms. The first kappa shape index (κ1) is 20.1. The molecule has 4 rings (SSSR count). The zero-order chi connectivity index (χ0) is 22.0. The minimum Gasteiger partial charge on any atom is -0.497 e. The van der Waals surface area contributed by atoms with E-state index in [0.29, 0.717) is 17.2 Å². The van der Waals surface area contributed by atoms with Crippen LogP contribution in [-0.2, 0) is 11.3 Å². The Bertz CT molecular complexity index is 1330. The van der Waals surface area contributed by atoms with Gasteiger partial charge in [-0.25, -0.2) is 18.9 Å². The van der Waals surface area contributed by atoms with E-state index in [1.165, 1.54) is 16.8 Å². The molecule has 0 radical (unpaired) electrons. The summed E-state index contributed by atoms with van der Waals surface area (Å²) in [5.74, 6) is 0.883. The van der Waals surface area contributed by atoms with Crippen molar-refractivity contribution in [3.63, 3.8) is 0 Å². The molecule has 2 aromatic heterocycles. The topological polar surface area (TPSA) is 99.8 Å². The molecule has 2 aromatic carbocycles. The van der Waals surface area contributed by atoms with Crippen molar-refractivity contribution in [2.45, 2.75) is 20.4 Å². The van der Waals surface area contributed by atoms with Crippen molar-refractivity contribution in [3.8, 4) is 17.4 Å². The highest BCUT2D eigenvalue weighted by molar-refractivity contribution is 5.91. The number of fused-ring (bicyclic) bond motifs is 1. The van der Waals surface area contributed by atoms with E-state index in [1.54, 1.807) is 31.4 Å². The molecule has 31 heavy (non-hydrogen) atoms. The van der Waals surface area contributed by atoms with Crippen molar-refractivity contribution in [1.82, 2.24) is 19.2 Å². The Hall–Kier alpha value is -4.14. The first-order valence-corrected chi connectivity index (χ1v) is 9.58. The average molecular weight is 419 g/mol. The number of ether oxygens (including phenoxy) is 2. The Labute approximate surface area is 177 Å². The minimum absolute atomic E-state index is 0.140. The fraction of sp³-hybridized carbons (Fsp3) is 0.182. The number of carbonyl (C=O) groups is 1. The van der Waals surface area contributed by atoms with Gasteiger partial charge in [0.05, 0.1) is 7.11 Å². The van der Waals surface area contributed by atoms with Gasteiger partial charge in [-0.05, 0) is 43.2 Å². The van der Waals surface area contributed by atoms with Crippen LogP contribution in [0.1, 0.15) is 11.1 Å². The summed E-state index contributed by atoms with van der Waals surface area (Å²) in [6.45, 7) is 3.65. The molecule has 0 aliphatic rings. The van der Waals surface area contributed by atoms with Gasteiger partial charge in [-0.3, -0.25) is 4.79 Å². The molecule has 0 saturated heterocycles. The molecule has 9 heteroatoms. The SMILES string of the molecule is COc1cccc(Oc2nccn3c(=O)n(CC(=O)Nc4cccc(C)c4C)nc23)c1. The molecule has 1 N–H and O–H groups in total. The van der Waals surface area contributed by atoms with Gasteiger partial charge in [-0.2, -0.15) is 0 Å². The fourth-order valence-corrected chi connectivity index (χ4v) is 3.09. The van der Waals surface area contributed by atoms with E-state index < -0.39 is 5.69 Å². The lowest BCUT2D eigenvalue weighted by Gasteiger charge is -2.09. The van der Waals surface area contributed by atoms with Gasteiger partial charge in [-0.15, -0.1) is 5.10 Å². The molecule has 0 unspecified atom stereocenters. The average Bonchev–Trinajstić information content (AvgIpc) is 3.08. The second-order valence-corrected chi connectivity index (χ2v) is 6.94. The van der Waals surface area contributed by atoms with E-state index in [1.807, 2.05) is 32.0 Å². The highest BCUT2D eigenvalue weighted by Gasteiger charge is 2.16. The van der Waals surface area contributed by atoms with Crippen LogP contribution in [0.5, 0.6) is 17.4 Å². The van der Waals surface area contributed by atoms with Crippen LogP contribution in [-0.4, -0.2) is 32.2 Å². The van der Waals surface area contributed by atoms with Crippen LogP contribution < -0.4 is 20.5 Å². The summed E-state index contributed by atoms with van der Waals surface area (Å²) >= 11 is 0. The number of aromatic nitrogens is 4. The maximum Gasteiger partial charge on any atom is 0.351 e. The van der Waals surface area contributed by atoms with E-state index in [-0.39, 0.29) is 24.0 Å². The zero-order valence-corrected chi connectivity index (χ0v) is 17.3. The number of amides is 1. The van der Waals surface area contributed by atoms with Crippen molar-refractivity contribution in [2.24, 2.45) is 0 Å². The minimum atomic E-state index is -0.469. The molecule has 1 amide bonds. The van der Waals surface area contributed by atoms with Crippen LogP contribution in [0.15, 0.2) is 59.7 Å². The third kappa shape index (κ3) is 4.11. The summed E-state index contributed by atoms with van der Waals surface area (Å²) in [6.07, 6.45) is 2.91. The molecular weight excluding hydrogens is 398 g/mol. The Morgan fingerprint density at radius 1 is 1.13 bits per heavy atom. The van der Waals surface area contributed by atoms with Crippen molar-refractivity contribution >= 4 is 17.2 Å². The number of methoxy groups -OCH3 is 1. The van der Waals surface area contributed by atoms with Crippen LogP contribution in [0.2, 0.25) is 0 Å². The molecular formula is C22H21N5O4. The molecule has 0 saturated carbocycles. The van der Waals surface area contributed by atoms with Gasteiger partial charge >= 0.3 is 5.69 Å². The predicted molar refractivity (Wildman–Crippen MR) is 115 cm³/mol. The monoisotopic (exact) mass is 419 g/mol. The Morgan fingerprint density at radius 2 is 1.90 bits per heavy atom. The summed E-state index contributed by atoms with van der Waals surface area (Å²) in [7, 11) is 1.56. The van der Waals surface area contributed by atoms with Gasteiger partial charge in [0.25, 0.3) is 5.88 Å². The van der Waals surface area contributed by atoms with Crippen LogP contribution in [0, 0.1) is 13.8 Å². The zero-order valence-electron chi connectivity index (χ0n) is 17.3. The van der Waals surface area contributed by atoms with Gasteiger partial charge < -0.3 is 14.8 Å². The summed E-state index contributed by atoms with van der Waals surface area (Å²) in [4.78, 5) is 29.4. The standard InChI is InChI=1S/C22H21N5O4/c1-14-6-4-9-18(15(14)2)24-19(28)13-27-22(29)26-11-10-23-21(20(26)25-27)31-17-8-5-7-16(12-17)30-3/h4-12H,13H2,1-3H3,(H,24,28). The van der Waals surface area contributed by atoms with Gasteiger partial charge in [0.1, 0.15) is 18.0 Å². The highest BCUT2D eigenvalue weighted by Crippen LogP contribution is 2.25. The third-order valence-corrected chi connectivity index (χ3v) is 4.90. The van der Waals surface area contributed by atoms with Crippen LogP contribution >= 0.6 is 0 Å². The van der Waals surface area contributed by atoms with Crippen molar-refractivity contribution in [2.75, 3.05) is 12.4 Å². The lowest BCUT2D eigenvalue weighted by Crippen LogP contribution is -2.28. The van der Waals surface area contributed by atoms with Crippen molar-refractivity contribution in [3.05, 3.63) is 76.5 Å². The summed E-state index contributed by atoms with van der Waals surface area (Å²) < 4.78 is 13.4. The lowest BCUT2D eigenvalue weighted by atomic mass is 10.1. The normalized spacial score (nSPS) is 10.8. The summed E-state index contributed by atoms with van der Waals surface area (Å²) in [5, 5.41) is 7.09. The number of hydrogen-bond donors (Lipinski definition) is 1. The van der Waals surface area contributed by atoms with Crippen molar-refractivity contribution in [1.29, 1.82) is 0 Å². The van der Waals surface area contributed by atoms with Gasteiger partial charge in [-0.1, -0.05) is 18.2 Å². The van der Waals surface area contributed by atoms with E-state index in [2.05, 4.69) is 15.4 Å². The second-order valence-electron chi connectivity index (χ2n) is 6.94. The number of carbonyl (C=O) groups excluding carboxylic acids is 1. The molecule has 0 aliphatic heterocycles. The van der Waals surface area contributed by atoms with E-state index in [4.69, 9.17) is 9.47 Å². The first-order valence-electron chi connectivity index (χ1n) is 9.58. The van der Waals surface area contributed by atoms with Crippen LogP contribution in [0.4, 0.5) is 5.69 Å². The van der Waals surface area contributed by atoms with Gasteiger partial charge in [0, 0.05) is 24.1 Å².